The van der Waals surface area contributed by atoms with Gasteiger partial charge in [-0.05, 0) is 12.5 Å². The molecule has 0 radical (unpaired) electrons. The number of rotatable bonds is 5. The molecule has 0 saturated carbocycles. The molecule has 3 aliphatic heterocycles. The Balaban J connectivity index is 1.33. The number of carbonyl (C=O) groups excluding carboxylic acids is 2. The maximum atomic E-state index is 12.6. The Labute approximate surface area is 156 Å². The number of aromatic nitrogens is 2. The lowest BCUT2D eigenvalue weighted by molar-refractivity contribution is 0.0362. The molecule has 3 aliphatic rings. The van der Waals surface area contributed by atoms with Gasteiger partial charge in [-0.15, -0.1) is 0 Å². The van der Waals surface area contributed by atoms with Gasteiger partial charge < -0.3 is 14.4 Å². The number of H-pyrrole nitrogens is 1. The largest absolute Gasteiger partial charge is 0.442 e. The minimum absolute atomic E-state index is 0.131. The fraction of sp³-hybridized carbons (Fsp3) is 0.647. The van der Waals surface area contributed by atoms with Crippen LogP contribution in [-0.4, -0.2) is 102 Å². The number of ether oxygens (including phenoxy) is 2. The van der Waals surface area contributed by atoms with Crippen LogP contribution >= 0.6 is 0 Å². The van der Waals surface area contributed by atoms with Crippen LogP contribution < -0.4 is 5.56 Å². The standard InChI is InChI=1S/C17H23N5O5/c23-15-3-2-12(18-19-15)16(24)21-10-13-14(11-21)27-17(25)22(13)5-1-4-20-6-8-26-9-7-20/h2-3,13-14H,1,4-11H2,(H,19,23)/t13-,14+/m0/s1. The number of hydrogen-bond acceptors (Lipinski definition) is 7. The number of nitrogens with zero attached hydrogens (tertiary/aromatic N) is 4. The van der Waals surface area contributed by atoms with E-state index in [9.17, 15) is 14.4 Å². The van der Waals surface area contributed by atoms with Gasteiger partial charge in [0.2, 0.25) is 0 Å². The molecule has 2 amide bonds. The maximum Gasteiger partial charge on any atom is 0.410 e. The molecule has 1 aromatic heterocycles. The molecular formula is C17H23N5O5. The second-order valence-electron chi connectivity index (χ2n) is 7.01. The van der Waals surface area contributed by atoms with E-state index >= 15 is 0 Å². The van der Waals surface area contributed by atoms with Crippen LogP contribution in [0, 0.1) is 0 Å². The molecule has 10 nitrogen and oxygen atoms in total. The molecular weight excluding hydrogens is 354 g/mol. The monoisotopic (exact) mass is 377 g/mol. The molecule has 0 aromatic carbocycles. The Morgan fingerprint density at radius 3 is 2.74 bits per heavy atom. The second-order valence-corrected chi connectivity index (χ2v) is 7.01. The van der Waals surface area contributed by atoms with Crippen molar-refractivity contribution in [3.63, 3.8) is 0 Å². The summed E-state index contributed by atoms with van der Waals surface area (Å²) in [5, 5.41) is 6.05. The van der Waals surface area contributed by atoms with E-state index in [1.807, 2.05) is 0 Å². The van der Waals surface area contributed by atoms with Crippen molar-refractivity contribution in [2.75, 3.05) is 52.5 Å². The Bertz CT molecular complexity index is 742. The highest BCUT2D eigenvalue weighted by molar-refractivity contribution is 5.92. The number of carbonyl (C=O) groups is 2. The van der Waals surface area contributed by atoms with Crippen molar-refractivity contribution in [1.29, 1.82) is 0 Å². The van der Waals surface area contributed by atoms with Crippen molar-refractivity contribution >= 4 is 12.0 Å². The fourth-order valence-electron chi connectivity index (χ4n) is 3.84. The Kier molecular flexibility index (Phi) is 5.08. The SMILES string of the molecule is O=C(c1ccc(=O)[nH]n1)N1C[C@H]2OC(=O)N(CCCN3CCOCC3)[C@H]2C1. The first kappa shape index (κ1) is 17.9. The van der Waals surface area contributed by atoms with Crippen molar-refractivity contribution < 1.29 is 19.1 Å². The number of aromatic amines is 1. The highest BCUT2D eigenvalue weighted by atomic mass is 16.6. The zero-order valence-electron chi connectivity index (χ0n) is 15.0. The highest BCUT2D eigenvalue weighted by Crippen LogP contribution is 2.27. The van der Waals surface area contributed by atoms with Crippen LogP contribution in [0.4, 0.5) is 4.79 Å². The van der Waals surface area contributed by atoms with E-state index in [1.165, 1.54) is 12.1 Å². The summed E-state index contributed by atoms with van der Waals surface area (Å²) in [6.45, 7) is 5.63. The van der Waals surface area contributed by atoms with Gasteiger partial charge in [0, 0.05) is 38.8 Å². The van der Waals surface area contributed by atoms with Gasteiger partial charge >= 0.3 is 6.09 Å². The van der Waals surface area contributed by atoms with Gasteiger partial charge in [-0.1, -0.05) is 0 Å². The predicted octanol–water partition coefficient (Wildman–Crippen LogP) is -0.863. The molecule has 146 valence electrons. The number of amides is 2. The first-order valence-electron chi connectivity index (χ1n) is 9.24. The lowest BCUT2D eigenvalue weighted by Gasteiger charge is -2.28. The number of nitrogens with one attached hydrogen (secondary N) is 1. The zero-order valence-corrected chi connectivity index (χ0v) is 15.0. The molecule has 1 aromatic rings. The third kappa shape index (κ3) is 3.81. The molecule has 0 bridgehead atoms. The Hall–Kier alpha value is -2.46. The molecule has 4 rings (SSSR count). The van der Waals surface area contributed by atoms with E-state index in [-0.39, 0.29) is 35.4 Å². The molecule has 0 unspecified atom stereocenters. The molecule has 0 aliphatic carbocycles. The summed E-state index contributed by atoms with van der Waals surface area (Å²) in [5.74, 6) is -0.273. The van der Waals surface area contributed by atoms with E-state index in [0.29, 0.717) is 19.6 Å². The summed E-state index contributed by atoms with van der Waals surface area (Å²) < 4.78 is 10.8. The minimum atomic E-state index is -0.356. The van der Waals surface area contributed by atoms with Crippen molar-refractivity contribution in [3.8, 4) is 0 Å². The molecule has 2 atom stereocenters. The van der Waals surface area contributed by atoms with Gasteiger partial charge in [0.05, 0.1) is 25.8 Å². The topological polar surface area (TPSA) is 108 Å². The summed E-state index contributed by atoms with van der Waals surface area (Å²) in [6, 6.07) is 2.55. The van der Waals surface area contributed by atoms with E-state index < -0.39 is 0 Å². The Morgan fingerprint density at radius 2 is 2.00 bits per heavy atom. The maximum absolute atomic E-state index is 12.6. The summed E-state index contributed by atoms with van der Waals surface area (Å²) >= 11 is 0. The van der Waals surface area contributed by atoms with Gasteiger partial charge in [-0.3, -0.25) is 19.4 Å². The van der Waals surface area contributed by atoms with E-state index in [4.69, 9.17) is 9.47 Å². The lowest BCUT2D eigenvalue weighted by atomic mass is 10.2. The van der Waals surface area contributed by atoms with Crippen molar-refractivity contribution in [2.45, 2.75) is 18.6 Å². The average molecular weight is 377 g/mol. The number of likely N-dealkylation sites (tertiary alicyclic amines) is 1. The first-order chi connectivity index (χ1) is 13.1. The third-order valence-electron chi connectivity index (χ3n) is 5.29. The molecule has 3 fully saturated rings. The zero-order chi connectivity index (χ0) is 18.8. The van der Waals surface area contributed by atoms with Gasteiger partial charge in [0.1, 0.15) is 11.8 Å². The summed E-state index contributed by atoms with van der Waals surface area (Å²) in [6.07, 6.45) is 0.238. The van der Waals surface area contributed by atoms with Gasteiger partial charge in [-0.25, -0.2) is 9.89 Å². The molecule has 4 heterocycles. The lowest BCUT2D eigenvalue weighted by Crippen LogP contribution is -2.42. The fourth-order valence-corrected chi connectivity index (χ4v) is 3.84. The van der Waals surface area contributed by atoms with Crippen LogP contribution in [0.3, 0.4) is 0 Å². The Morgan fingerprint density at radius 1 is 1.19 bits per heavy atom. The molecule has 27 heavy (non-hydrogen) atoms. The first-order valence-corrected chi connectivity index (χ1v) is 9.24. The van der Waals surface area contributed by atoms with Crippen LogP contribution in [0.5, 0.6) is 0 Å². The smallest absolute Gasteiger partial charge is 0.410 e. The van der Waals surface area contributed by atoms with Crippen LogP contribution in [0.1, 0.15) is 16.9 Å². The molecule has 3 saturated heterocycles. The predicted molar refractivity (Wildman–Crippen MR) is 93.4 cm³/mol. The van der Waals surface area contributed by atoms with Crippen molar-refractivity contribution in [2.24, 2.45) is 0 Å². The van der Waals surface area contributed by atoms with Gasteiger partial charge in [0.25, 0.3) is 11.5 Å². The molecule has 10 heteroatoms. The van der Waals surface area contributed by atoms with E-state index in [2.05, 4.69) is 15.1 Å². The quantitative estimate of drug-likeness (QED) is 0.711. The van der Waals surface area contributed by atoms with Crippen molar-refractivity contribution in [1.82, 2.24) is 24.9 Å². The molecule has 0 spiro atoms. The summed E-state index contributed by atoms with van der Waals surface area (Å²) in [4.78, 5) is 41.5. The average Bonchev–Trinajstić information content (AvgIpc) is 3.21. The highest BCUT2D eigenvalue weighted by Gasteiger charge is 2.48. The van der Waals surface area contributed by atoms with Gasteiger partial charge in [0.15, 0.2) is 0 Å². The second kappa shape index (κ2) is 7.65. The van der Waals surface area contributed by atoms with Crippen LogP contribution in [-0.2, 0) is 9.47 Å². The number of hydrogen-bond donors (Lipinski definition) is 1. The summed E-state index contributed by atoms with van der Waals surface area (Å²) in [7, 11) is 0. The van der Waals surface area contributed by atoms with Gasteiger partial charge in [-0.2, -0.15) is 5.10 Å². The van der Waals surface area contributed by atoms with Crippen LogP contribution in [0.15, 0.2) is 16.9 Å². The third-order valence-corrected chi connectivity index (χ3v) is 5.29. The van der Waals surface area contributed by atoms with E-state index in [1.54, 1.807) is 9.80 Å². The minimum Gasteiger partial charge on any atom is -0.442 e. The molecule has 1 N–H and O–H groups in total. The number of fused-ring (bicyclic) bond motifs is 1. The van der Waals surface area contributed by atoms with E-state index in [0.717, 1.165) is 39.3 Å². The van der Waals surface area contributed by atoms with Crippen molar-refractivity contribution in [3.05, 3.63) is 28.2 Å². The summed E-state index contributed by atoms with van der Waals surface area (Å²) in [5.41, 5.74) is -0.176. The normalized spacial score (nSPS) is 25.6. The number of morpholine rings is 1. The van der Waals surface area contributed by atoms with Crippen LogP contribution in [0.2, 0.25) is 0 Å². The van der Waals surface area contributed by atoms with Crippen LogP contribution in [0.25, 0.3) is 0 Å².